The minimum Gasteiger partial charge on any atom is -0.0622 e. The Balaban J connectivity index is 1.28. The van der Waals surface area contributed by atoms with Crippen molar-refractivity contribution in [3.8, 4) is 44.5 Å². The first kappa shape index (κ1) is 24.8. The Labute approximate surface area is 268 Å². The van der Waals surface area contributed by atoms with Crippen LogP contribution < -0.4 is 0 Å². The van der Waals surface area contributed by atoms with E-state index in [2.05, 4.69) is 158 Å². The predicted molar refractivity (Wildman–Crippen MR) is 193 cm³/mol. The zero-order valence-corrected chi connectivity index (χ0v) is 25.4. The third kappa shape index (κ3) is 3.14. The summed E-state index contributed by atoms with van der Waals surface area (Å²) in [7, 11) is 0. The van der Waals surface area contributed by atoms with Gasteiger partial charge in [0.05, 0.1) is 0 Å². The fraction of sp³-hybridized carbons (Fsp3) is 0.0870. The number of benzene rings is 8. The van der Waals surface area contributed by atoms with E-state index in [-0.39, 0.29) is 5.41 Å². The molecule has 0 nitrogen and oxygen atoms in total. The lowest BCUT2D eigenvalue weighted by molar-refractivity contribution is 0.707. The Hall–Kier alpha value is -5.46. The summed E-state index contributed by atoms with van der Waals surface area (Å²) in [6, 6.07) is 59.1. The molecule has 0 bridgehead atoms. The van der Waals surface area contributed by atoms with Gasteiger partial charge in [0.15, 0.2) is 0 Å². The Morgan fingerprint density at radius 2 is 1.02 bits per heavy atom. The van der Waals surface area contributed by atoms with Crippen LogP contribution in [0, 0.1) is 5.92 Å². The van der Waals surface area contributed by atoms with Gasteiger partial charge in [0.1, 0.15) is 0 Å². The zero-order chi connectivity index (χ0) is 30.0. The first-order chi connectivity index (χ1) is 22.8. The standard InChI is InChI=1S/C46H30/c1-2-13-29(14-3-1)41-33-16-6-8-18-35(33)42(36-19-9-7-17-34(36)41)39-25-24-32(31-23-22-28-12-4-5-15-30(28)26-31)45-43(39)37-20-10-11-21-38(37)44-40-27-46(40,44)45/h1-26,40,44H,27H2. The summed E-state index contributed by atoms with van der Waals surface area (Å²) < 4.78 is 0. The highest BCUT2D eigenvalue weighted by molar-refractivity contribution is 6.23. The average molecular weight is 583 g/mol. The van der Waals surface area contributed by atoms with Crippen LogP contribution in [0.3, 0.4) is 0 Å². The average Bonchev–Trinajstić information content (AvgIpc) is 4.02. The summed E-state index contributed by atoms with van der Waals surface area (Å²) in [6.07, 6.45) is 1.30. The van der Waals surface area contributed by atoms with Crippen LogP contribution in [0.5, 0.6) is 0 Å². The van der Waals surface area contributed by atoms with Gasteiger partial charge in [-0.05, 0) is 112 Å². The summed E-state index contributed by atoms with van der Waals surface area (Å²) in [5.74, 6) is 1.41. The number of rotatable bonds is 3. The minimum absolute atomic E-state index is 0.274. The molecule has 2 fully saturated rings. The fourth-order valence-corrected chi connectivity index (χ4v) is 9.35. The summed E-state index contributed by atoms with van der Waals surface area (Å²) in [5, 5.41) is 7.86. The Bertz CT molecular complexity index is 2510. The SMILES string of the molecule is c1ccc(-c2c3ccccc3c(-c3ccc(-c4ccc5ccccc5c4)c4c3-c3ccccc3C3C5CC453)c3ccccc23)cc1. The molecule has 11 rings (SSSR count). The van der Waals surface area contributed by atoms with Crippen LogP contribution in [-0.2, 0) is 5.41 Å². The van der Waals surface area contributed by atoms with E-state index in [9.17, 15) is 0 Å². The maximum Gasteiger partial charge on any atom is 0.00752 e. The summed E-state index contributed by atoms with van der Waals surface area (Å²) in [4.78, 5) is 0. The molecule has 0 heterocycles. The molecule has 1 spiro atoms. The monoisotopic (exact) mass is 582 g/mol. The highest BCUT2D eigenvalue weighted by Crippen LogP contribution is 2.88. The first-order valence-electron chi connectivity index (χ1n) is 16.6. The van der Waals surface area contributed by atoms with Crippen molar-refractivity contribution in [2.75, 3.05) is 0 Å². The molecule has 3 aliphatic carbocycles. The lowest BCUT2D eigenvalue weighted by Crippen LogP contribution is -2.14. The van der Waals surface area contributed by atoms with E-state index in [4.69, 9.17) is 0 Å². The van der Waals surface area contributed by atoms with Crippen LogP contribution >= 0.6 is 0 Å². The van der Waals surface area contributed by atoms with Gasteiger partial charge in [-0.3, -0.25) is 0 Å². The lowest BCUT2D eigenvalue weighted by atomic mass is 9.72. The normalized spacial score (nSPS) is 20.2. The molecule has 3 unspecified atom stereocenters. The zero-order valence-electron chi connectivity index (χ0n) is 25.4. The molecule has 0 aromatic heterocycles. The maximum atomic E-state index is 2.46. The number of hydrogen-bond acceptors (Lipinski definition) is 0. The molecule has 0 saturated heterocycles. The van der Waals surface area contributed by atoms with Crippen molar-refractivity contribution in [2.45, 2.75) is 17.8 Å². The molecule has 2 saturated carbocycles. The Kier molecular flexibility index (Phi) is 4.76. The van der Waals surface area contributed by atoms with Crippen molar-refractivity contribution in [3.05, 3.63) is 169 Å². The van der Waals surface area contributed by atoms with Gasteiger partial charge in [0.2, 0.25) is 0 Å². The fourth-order valence-electron chi connectivity index (χ4n) is 9.35. The van der Waals surface area contributed by atoms with Gasteiger partial charge in [0.25, 0.3) is 0 Å². The van der Waals surface area contributed by atoms with Crippen LogP contribution in [0.4, 0.5) is 0 Å². The molecule has 214 valence electrons. The second kappa shape index (κ2) is 8.83. The number of hydrogen-bond donors (Lipinski definition) is 0. The van der Waals surface area contributed by atoms with Crippen LogP contribution in [-0.4, -0.2) is 0 Å². The van der Waals surface area contributed by atoms with E-state index >= 15 is 0 Å². The van der Waals surface area contributed by atoms with E-state index in [1.54, 1.807) is 11.1 Å². The van der Waals surface area contributed by atoms with E-state index in [1.807, 2.05) is 0 Å². The van der Waals surface area contributed by atoms with E-state index < -0.39 is 0 Å². The lowest BCUT2D eigenvalue weighted by Gasteiger charge is -2.31. The molecule has 8 aromatic rings. The van der Waals surface area contributed by atoms with Crippen molar-refractivity contribution in [2.24, 2.45) is 5.92 Å². The van der Waals surface area contributed by atoms with Gasteiger partial charge in [-0.1, -0.05) is 152 Å². The summed E-state index contributed by atoms with van der Waals surface area (Å²) in [6.45, 7) is 0. The molecule has 8 aromatic carbocycles. The van der Waals surface area contributed by atoms with Gasteiger partial charge in [0, 0.05) is 5.41 Å². The second-order valence-electron chi connectivity index (χ2n) is 13.6. The largest absolute Gasteiger partial charge is 0.0622 e. The quantitative estimate of drug-likeness (QED) is 0.182. The molecule has 0 amide bonds. The van der Waals surface area contributed by atoms with Crippen LogP contribution in [0.2, 0.25) is 0 Å². The topological polar surface area (TPSA) is 0 Å². The van der Waals surface area contributed by atoms with E-state index in [1.165, 1.54) is 83.2 Å². The van der Waals surface area contributed by atoms with Gasteiger partial charge in [-0.25, -0.2) is 0 Å². The van der Waals surface area contributed by atoms with Crippen molar-refractivity contribution in [1.29, 1.82) is 0 Å². The highest BCUT2D eigenvalue weighted by Gasteiger charge is 2.81. The highest BCUT2D eigenvalue weighted by atomic mass is 14.8. The predicted octanol–water partition coefficient (Wildman–Crippen LogP) is 12.2. The number of fused-ring (bicyclic) bond motifs is 8. The maximum absolute atomic E-state index is 2.46. The first-order valence-corrected chi connectivity index (χ1v) is 16.6. The van der Waals surface area contributed by atoms with E-state index in [0.717, 1.165) is 5.92 Å². The second-order valence-corrected chi connectivity index (χ2v) is 13.6. The van der Waals surface area contributed by atoms with Crippen molar-refractivity contribution in [3.63, 3.8) is 0 Å². The van der Waals surface area contributed by atoms with Crippen LogP contribution in [0.15, 0.2) is 158 Å². The molecule has 46 heavy (non-hydrogen) atoms. The molecule has 0 heteroatoms. The van der Waals surface area contributed by atoms with Crippen molar-refractivity contribution >= 4 is 32.3 Å². The van der Waals surface area contributed by atoms with Crippen molar-refractivity contribution in [1.82, 2.24) is 0 Å². The van der Waals surface area contributed by atoms with Crippen molar-refractivity contribution < 1.29 is 0 Å². The van der Waals surface area contributed by atoms with Gasteiger partial charge in [-0.15, -0.1) is 0 Å². The smallest absolute Gasteiger partial charge is 0.00752 e. The summed E-state index contributed by atoms with van der Waals surface area (Å²) in [5.41, 5.74) is 14.4. The Morgan fingerprint density at radius 1 is 0.413 bits per heavy atom. The molecule has 0 N–H and O–H groups in total. The molecule has 0 radical (unpaired) electrons. The van der Waals surface area contributed by atoms with Crippen LogP contribution in [0.25, 0.3) is 76.8 Å². The van der Waals surface area contributed by atoms with Crippen LogP contribution in [0.1, 0.15) is 23.5 Å². The summed E-state index contributed by atoms with van der Waals surface area (Å²) >= 11 is 0. The van der Waals surface area contributed by atoms with Gasteiger partial charge < -0.3 is 0 Å². The van der Waals surface area contributed by atoms with E-state index in [0.29, 0.717) is 5.92 Å². The van der Waals surface area contributed by atoms with Gasteiger partial charge in [-0.2, -0.15) is 0 Å². The van der Waals surface area contributed by atoms with Gasteiger partial charge >= 0.3 is 0 Å². The molecule has 3 aliphatic rings. The third-order valence-corrected chi connectivity index (χ3v) is 11.5. The molecular formula is C46H30. The minimum atomic E-state index is 0.274. The molecule has 0 aliphatic heterocycles. The molecule has 3 atom stereocenters. The Morgan fingerprint density at radius 3 is 1.76 bits per heavy atom. The molecular weight excluding hydrogens is 553 g/mol. The third-order valence-electron chi connectivity index (χ3n) is 11.5.